The Balaban J connectivity index is 2.05. The maximum atomic E-state index is 11.3. The minimum atomic E-state index is -0.401. The first kappa shape index (κ1) is 19.7. The molecule has 0 bridgehead atoms. The van der Waals surface area contributed by atoms with Gasteiger partial charge in [0.25, 0.3) is 0 Å². The number of phenols is 1. The second-order valence-corrected chi connectivity index (χ2v) is 9.24. The second kappa shape index (κ2) is 7.35. The number of aromatic hydroxyl groups is 1. The van der Waals surface area contributed by atoms with Crippen molar-refractivity contribution in [3.05, 3.63) is 102 Å². The molecule has 0 aromatic heterocycles. The van der Waals surface area contributed by atoms with Crippen molar-refractivity contribution in [3.8, 4) is 5.75 Å². The quantitative estimate of drug-likeness (QED) is 0.589. The van der Waals surface area contributed by atoms with Gasteiger partial charge in [-0.1, -0.05) is 93.6 Å². The molecule has 0 aliphatic heterocycles. The summed E-state index contributed by atoms with van der Waals surface area (Å²) in [4.78, 5) is 0. The van der Waals surface area contributed by atoms with Gasteiger partial charge in [-0.2, -0.15) is 0 Å². The Labute approximate surface area is 173 Å². The minimum Gasteiger partial charge on any atom is -0.508 e. The Bertz CT molecular complexity index is 947. The number of benzene rings is 3. The predicted molar refractivity (Wildman–Crippen MR) is 118 cm³/mol. The van der Waals surface area contributed by atoms with E-state index in [0.29, 0.717) is 0 Å². The monoisotopic (exact) mass is 386 g/mol. The van der Waals surface area contributed by atoms with Gasteiger partial charge in [-0.05, 0) is 46.6 Å². The molecule has 1 saturated carbocycles. The Morgan fingerprint density at radius 2 is 1.28 bits per heavy atom. The maximum absolute atomic E-state index is 11.3. The molecule has 1 fully saturated rings. The molecule has 3 aromatic rings. The van der Waals surface area contributed by atoms with Crippen molar-refractivity contribution in [2.24, 2.45) is 11.3 Å². The first-order valence-electron chi connectivity index (χ1n) is 10.4. The Morgan fingerprint density at radius 1 is 0.759 bits per heavy atom. The fraction of sp³-hybridized carbons (Fsp3) is 0.333. The summed E-state index contributed by atoms with van der Waals surface area (Å²) in [5.41, 5.74) is 3.12. The smallest absolute Gasteiger partial charge is 0.115 e. The van der Waals surface area contributed by atoms with Crippen LogP contribution in [0.4, 0.5) is 0 Å². The van der Waals surface area contributed by atoms with Crippen LogP contribution >= 0.6 is 0 Å². The average Bonchev–Trinajstić information content (AvgIpc) is 2.73. The zero-order chi connectivity index (χ0) is 20.6. The summed E-state index contributed by atoms with van der Waals surface area (Å²) in [6.45, 7) is 6.53. The topological polar surface area (TPSA) is 40.5 Å². The van der Waals surface area contributed by atoms with Crippen LogP contribution in [-0.4, -0.2) is 16.3 Å². The summed E-state index contributed by atoms with van der Waals surface area (Å²) in [7, 11) is 0. The lowest BCUT2D eigenvalue weighted by Gasteiger charge is -2.56. The zero-order valence-corrected chi connectivity index (χ0v) is 17.4. The molecule has 0 heterocycles. The van der Waals surface area contributed by atoms with Gasteiger partial charge in [-0.25, -0.2) is 0 Å². The lowest BCUT2D eigenvalue weighted by atomic mass is 9.48. The van der Waals surface area contributed by atoms with Gasteiger partial charge >= 0.3 is 0 Å². The third kappa shape index (κ3) is 3.26. The van der Waals surface area contributed by atoms with Crippen LogP contribution in [0.1, 0.15) is 49.8 Å². The van der Waals surface area contributed by atoms with Crippen molar-refractivity contribution < 1.29 is 10.2 Å². The molecule has 2 heteroatoms. The molecule has 4 unspecified atom stereocenters. The number of phenolic OH excluding ortho intramolecular Hbond substituents is 1. The van der Waals surface area contributed by atoms with Crippen molar-refractivity contribution in [2.75, 3.05) is 0 Å². The average molecular weight is 387 g/mol. The number of hydrogen-bond donors (Lipinski definition) is 2. The van der Waals surface area contributed by atoms with Crippen molar-refractivity contribution in [2.45, 2.75) is 44.6 Å². The van der Waals surface area contributed by atoms with Crippen LogP contribution in [0.25, 0.3) is 0 Å². The normalized spacial score (nSPS) is 28.8. The van der Waals surface area contributed by atoms with E-state index >= 15 is 0 Å². The van der Waals surface area contributed by atoms with E-state index in [1.54, 1.807) is 12.1 Å². The molecular formula is C27H30O2. The highest BCUT2D eigenvalue weighted by Crippen LogP contribution is 2.60. The molecule has 4 rings (SSSR count). The SMILES string of the molecule is CC1C(O)C(C)(C)CC(c2ccccc2)(c2ccc(O)cc2)C1c1ccccc1. The summed E-state index contributed by atoms with van der Waals surface area (Å²) in [5, 5.41) is 21.2. The fourth-order valence-corrected chi connectivity index (χ4v) is 5.75. The summed E-state index contributed by atoms with van der Waals surface area (Å²) >= 11 is 0. The highest BCUT2D eigenvalue weighted by molar-refractivity contribution is 5.48. The van der Waals surface area contributed by atoms with Crippen LogP contribution in [0.2, 0.25) is 0 Å². The molecule has 0 radical (unpaired) electrons. The molecule has 29 heavy (non-hydrogen) atoms. The number of aliphatic hydroxyl groups excluding tert-OH is 1. The number of hydrogen-bond acceptors (Lipinski definition) is 2. The zero-order valence-electron chi connectivity index (χ0n) is 17.4. The fourth-order valence-electron chi connectivity index (χ4n) is 5.75. The molecule has 0 saturated heterocycles. The third-order valence-corrected chi connectivity index (χ3v) is 6.92. The van der Waals surface area contributed by atoms with Crippen LogP contribution in [0, 0.1) is 11.3 Å². The molecule has 2 nitrogen and oxygen atoms in total. The molecule has 150 valence electrons. The molecule has 4 atom stereocenters. The second-order valence-electron chi connectivity index (χ2n) is 9.24. The standard InChI is InChI=1S/C27H30O2/c1-19-24(20-10-6-4-7-11-20)27(18-26(2,3)25(19)29,21-12-8-5-9-13-21)22-14-16-23(28)17-15-22/h4-17,19,24-25,28-29H,18H2,1-3H3. The third-order valence-electron chi connectivity index (χ3n) is 6.92. The van der Waals surface area contributed by atoms with E-state index in [9.17, 15) is 10.2 Å². The van der Waals surface area contributed by atoms with E-state index in [-0.39, 0.29) is 28.4 Å². The summed E-state index contributed by atoms with van der Waals surface area (Å²) in [6, 6.07) is 28.9. The molecule has 0 amide bonds. The van der Waals surface area contributed by atoms with Crippen molar-refractivity contribution in [1.82, 2.24) is 0 Å². The molecule has 1 aliphatic rings. The van der Waals surface area contributed by atoms with Gasteiger partial charge in [0.15, 0.2) is 0 Å². The van der Waals surface area contributed by atoms with Crippen LogP contribution < -0.4 is 0 Å². The van der Waals surface area contributed by atoms with Gasteiger partial charge in [0.05, 0.1) is 6.10 Å². The molecule has 0 spiro atoms. The molecule has 1 aliphatic carbocycles. The van der Waals surface area contributed by atoms with Crippen LogP contribution in [-0.2, 0) is 5.41 Å². The van der Waals surface area contributed by atoms with Crippen LogP contribution in [0.3, 0.4) is 0 Å². The number of rotatable bonds is 3. The Hall–Kier alpha value is -2.58. The van der Waals surface area contributed by atoms with Gasteiger partial charge in [-0.3, -0.25) is 0 Å². The van der Waals surface area contributed by atoms with E-state index in [2.05, 4.69) is 87.5 Å². The summed E-state index contributed by atoms with van der Waals surface area (Å²) in [5.74, 6) is 0.449. The van der Waals surface area contributed by atoms with Crippen molar-refractivity contribution in [1.29, 1.82) is 0 Å². The first-order valence-corrected chi connectivity index (χ1v) is 10.4. The largest absolute Gasteiger partial charge is 0.508 e. The first-order chi connectivity index (χ1) is 13.9. The van der Waals surface area contributed by atoms with E-state index in [0.717, 1.165) is 6.42 Å². The number of aliphatic hydroxyl groups is 1. The van der Waals surface area contributed by atoms with Gasteiger partial charge in [0, 0.05) is 11.3 Å². The highest BCUT2D eigenvalue weighted by atomic mass is 16.3. The van der Waals surface area contributed by atoms with Crippen molar-refractivity contribution in [3.63, 3.8) is 0 Å². The Kier molecular flexibility index (Phi) is 5.00. The molecule has 2 N–H and O–H groups in total. The van der Waals surface area contributed by atoms with E-state index in [1.807, 2.05) is 6.07 Å². The summed E-state index contributed by atoms with van der Waals surface area (Å²) < 4.78 is 0. The highest BCUT2D eigenvalue weighted by Gasteiger charge is 2.56. The van der Waals surface area contributed by atoms with Gasteiger partial charge in [0.1, 0.15) is 5.75 Å². The minimum absolute atomic E-state index is 0.0650. The lowest BCUT2D eigenvalue weighted by molar-refractivity contribution is -0.0615. The molecular weight excluding hydrogens is 356 g/mol. The lowest BCUT2D eigenvalue weighted by Crippen LogP contribution is -2.54. The van der Waals surface area contributed by atoms with E-state index < -0.39 is 6.10 Å². The van der Waals surface area contributed by atoms with Gasteiger partial charge in [-0.15, -0.1) is 0 Å². The Morgan fingerprint density at radius 3 is 1.86 bits per heavy atom. The van der Waals surface area contributed by atoms with Crippen LogP contribution in [0.5, 0.6) is 5.75 Å². The van der Waals surface area contributed by atoms with E-state index in [1.165, 1.54) is 16.7 Å². The van der Waals surface area contributed by atoms with Gasteiger partial charge in [0.2, 0.25) is 0 Å². The van der Waals surface area contributed by atoms with Crippen LogP contribution in [0.15, 0.2) is 84.9 Å². The van der Waals surface area contributed by atoms with Crippen molar-refractivity contribution >= 4 is 0 Å². The van der Waals surface area contributed by atoms with E-state index in [4.69, 9.17) is 0 Å². The van der Waals surface area contributed by atoms with Gasteiger partial charge < -0.3 is 10.2 Å². The maximum Gasteiger partial charge on any atom is 0.115 e. The summed E-state index contributed by atoms with van der Waals surface area (Å²) in [6.07, 6.45) is 0.418. The molecule has 3 aromatic carbocycles. The predicted octanol–water partition coefficient (Wildman–Crippen LogP) is 5.89.